The van der Waals surface area contributed by atoms with Gasteiger partial charge in [-0.25, -0.2) is 4.79 Å². The Morgan fingerprint density at radius 2 is 2.06 bits per heavy atom. The second-order valence-electron chi connectivity index (χ2n) is 5.66. The summed E-state index contributed by atoms with van der Waals surface area (Å²) in [6.45, 7) is 3.08. The van der Waals surface area contributed by atoms with Gasteiger partial charge in [0.15, 0.2) is 0 Å². The minimum atomic E-state index is -0.00476. The number of likely N-dealkylation sites (N-methyl/N-ethyl adjacent to an activating group) is 1. The molecule has 2 fully saturated rings. The lowest BCUT2D eigenvalue weighted by atomic mass is 9.85. The van der Waals surface area contributed by atoms with Gasteiger partial charge in [0, 0.05) is 19.1 Å². The van der Waals surface area contributed by atoms with E-state index in [0.29, 0.717) is 19.1 Å². The Labute approximate surface area is 110 Å². The molecule has 4 nitrogen and oxygen atoms in total. The maximum absolute atomic E-state index is 11.9. The van der Waals surface area contributed by atoms with Crippen LogP contribution in [-0.4, -0.2) is 41.8 Å². The van der Waals surface area contributed by atoms with Crippen LogP contribution in [0.4, 0.5) is 4.79 Å². The van der Waals surface area contributed by atoms with Crippen LogP contribution in [0.1, 0.15) is 45.4 Å². The first-order chi connectivity index (χ1) is 8.76. The summed E-state index contributed by atoms with van der Waals surface area (Å²) in [7, 11) is 0. The molecule has 2 amide bonds. The number of hydrogen-bond acceptors (Lipinski definition) is 2. The minimum Gasteiger partial charge on any atom is -0.395 e. The fourth-order valence-electron chi connectivity index (χ4n) is 3.24. The lowest BCUT2D eigenvalue weighted by Gasteiger charge is -2.23. The van der Waals surface area contributed by atoms with Crippen molar-refractivity contribution in [1.82, 2.24) is 10.2 Å². The Hall–Kier alpha value is -0.770. The van der Waals surface area contributed by atoms with E-state index in [2.05, 4.69) is 5.32 Å². The SMILES string of the molecule is CCN(CCO)C(=O)NC1CC1C1CCCCC1. The van der Waals surface area contributed by atoms with Gasteiger partial charge in [0.05, 0.1) is 6.61 Å². The van der Waals surface area contributed by atoms with Gasteiger partial charge in [0.2, 0.25) is 0 Å². The molecule has 0 radical (unpaired) electrons. The Bertz CT molecular complexity index is 277. The molecule has 0 aromatic rings. The van der Waals surface area contributed by atoms with Gasteiger partial charge in [-0.05, 0) is 25.2 Å². The van der Waals surface area contributed by atoms with Crippen LogP contribution >= 0.6 is 0 Å². The van der Waals surface area contributed by atoms with E-state index in [1.165, 1.54) is 32.1 Å². The standard InChI is InChI=1S/C14H26N2O2/c1-2-16(8-9-17)14(18)15-13-10-12(13)11-6-4-3-5-7-11/h11-13,17H,2-10H2,1H3,(H,15,18). The first-order valence-electron chi connectivity index (χ1n) is 7.42. The van der Waals surface area contributed by atoms with Crippen LogP contribution in [0, 0.1) is 11.8 Å². The van der Waals surface area contributed by atoms with E-state index in [0.717, 1.165) is 18.3 Å². The van der Waals surface area contributed by atoms with Crippen molar-refractivity contribution in [2.75, 3.05) is 19.7 Å². The van der Waals surface area contributed by atoms with Crippen LogP contribution in [0.3, 0.4) is 0 Å². The maximum atomic E-state index is 11.9. The Balaban J connectivity index is 1.72. The number of nitrogens with one attached hydrogen (secondary N) is 1. The Morgan fingerprint density at radius 1 is 1.33 bits per heavy atom. The Kier molecular flexibility index (Phi) is 4.87. The van der Waals surface area contributed by atoms with E-state index in [1.54, 1.807) is 4.90 Å². The summed E-state index contributed by atoms with van der Waals surface area (Å²) in [5.41, 5.74) is 0. The van der Waals surface area contributed by atoms with E-state index in [-0.39, 0.29) is 12.6 Å². The number of hydrogen-bond donors (Lipinski definition) is 2. The molecule has 0 spiro atoms. The second-order valence-corrected chi connectivity index (χ2v) is 5.66. The summed E-state index contributed by atoms with van der Waals surface area (Å²) >= 11 is 0. The van der Waals surface area contributed by atoms with E-state index < -0.39 is 0 Å². The number of amides is 2. The van der Waals surface area contributed by atoms with Crippen LogP contribution in [0.5, 0.6) is 0 Å². The number of aliphatic hydroxyl groups is 1. The van der Waals surface area contributed by atoms with Gasteiger partial charge in [-0.15, -0.1) is 0 Å². The number of carbonyl (C=O) groups excluding carboxylic acids is 1. The van der Waals surface area contributed by atoms with Gasteiger partial charge < -0.3 is 15.3 Å². The monoisotopic (exact) mass is 254 g/mol. The van der Waals surface area contributed by atoms with Gasteiger partial charge in [-0.1, -0.05) is 32.1 Å². The molecule has 2 N–H and O–H groups in total. The fraction of sp³-hybridized carbons (Fsp3) is 0.929. The average Bonchev–Trinajstić information content (AvgIpc) is 3.16. The molecule has 0 aromatic heterocycles. The predicted octanol–water partition coefficient (Wildman–Crippen LogP) is 1.98. The van der Waals surface area contributed by atoms with Gasteiger partial charge in [0.1, 0.15) is 0 Å². The number of carbonyl (C=O) groups is 1. The van der Waals surface area contributed by atoms with Crippen LogP contribution < -0.4 is 5.32 Å². The van der Waals surface area contributed by atoms with Crippen molar-refractivity contribution in [3.8, 4) is 0 Å². The molecule has 2 unspecified atom stereocenters. The van der Waals surface area contributed by atoms with E-state index in [1.807, 2.05) is 6.92 Å². The maximum Gasteiger partial charge on any atom is 0.317 e. The molecule has 2 aliphatic carbocycles. The molecular weight excluding hydrogens is 228 g/mol. The molecular formula is C14H26N2O2. The topological polar surface area (TPSA) is 52.6 Å². The van der Waals surface area contributed by atoms with Crippen molar-refractivity contribution >= 4 is 6.03 Å². The van der Waals surface area contributed by atoms with Crippen molar-refractivity contribution < 1.29 is 9.90 Å². The number of rotatable bonds is 5. The zero-order valence-electron chi connectivity index (χ0n) is 11.4. The van der Waals surface area contributed by atoms with E-state index >= 15 is 0 Å². The molecule has 2 rings (SSSR count). The lowest BCUT2D eigenvalue weighted by Crippen LogP contribution is -2.43. The highest BCUT2D eigenvalue weighted by Gasteiger charge is 2.44. The number of nitrogens with zero attached hydrogens (tertiary/aromatic N) is 1. The van der Waals surface area contributed by atoms with Crippen LogP contribution in [0.2, 0.25) is 0 Å². The fourth-order valence-corrected chi connectivity index (χ4v) is 3.24. The van der Waals surface area contributed by atoms with Gasteiger partial charge >= 0.3 is 6.03 Å². The highest BCUT2D eigenvalue weighted by Crippen LogP contribution is 2.44. The normalized spacial score (nSPS) is 27.9. The van der Waals surface area contributed by atoms with Crippen molar-refractivity contribution in [3.05, 3.63) is 0 Å². The number of aliphatic hydroxyl groups excluding tert-OH is 1. The van der Waals surface area contributed by atoms with Gasteiger partial charge in [-0.2, -0.15) is 0 Å². The zero-order valence-corrected chi connectivity index (χ0v) is 11.4. The summed E-state index contributed by atoms with van der Waals surface area (Å²) in [5, 5.41) is 12.0. The molecule has 18 heavy (non-hydrogen) atoms. The molecule has 0 aromatic carbocycles. The molecule has 2 saturated carbocycles. The summed E-state index contributed by atoms with van der Waals surface area (Å²) in [6, 6.07) is 0.392. The third-order valence-corrected chi connectivity index (χ3v) is 4.44. The smallest absolute Gasteiger partial charge is 0.317 e. The third kappa shape index (κ3) is 3.37. The van der Waals surface area contributed by atoms with Crippen LogP contribution in [-0.2, 0) is 0 Å². The molecule has 2 atom stereocenters. The van der Waals surface area contributed by atoms with Crippen molar-refractivity contribution in [2.24, 2.45) is 11.8 Å². The summed E-state index contributed by atoms with van der Waals surface area (Å²) in [6.07, 6.45) is 7.99. The molecule has 0 saturated heterocycles. The van der Waals surface area contributed by atoms with E-state index in [4.69, 9.17) is 5.11 Å². The van der Waals surface area contributed by atoms with Gasteiger partial charge in [-0.3, -0.25) is 0 Å². The molecule has 0 bridgehead atoms. The number of urea groups is 1. The first-order valence-corrected chi connectivity index (χ1v) is 7.42. The van der Waals surface area contributed by atoms with Crippen molar-refractivity contribution in [2.45, 2.75) is 51.5 Å². The predicted molar refractivity (Wildman–Crippen MR) is 71.3 cm³/mol. The van der Waals surface area contributed by atoms with E-state index in [9.17, 15) is 4.79 Å². The average molecular weight is 254 g/mol. The summed E-state index contributed by atoms with van der Waals surface area (Å²) in [5.74, 6) is 1.57. The van der Waals surface area contributed by atoms with Crippen LogP contribution in [0.15, 0.2) is 0 Å². The minimum absolute atomic E-state index is 0.00476. The molecule has 104 valence electrons. The first kappa shape index (κ1) is 13.7. The summed E-state index contributed by atoms with van der Waals surface area (Å²) < 4.78 is 0. The van der Waals surface area contributed by atoms with Crippen molar-refractivity contribution in [1.29, 1.82) is 0 Å². The third-order valence-electron chi connectivity index (χ3n) is 4.44. The summed E-state index contributed by atoms with van der Waals surface area (Å²) in [4.78, 5) is 13.6. The molecule has 4 heteroatoms. The molecule has 0 aliphatic heterocycles. The molecule has 0 heterocycles. The zero-order chi connectivity index (χ0) is 13.0. The second kappa shape index (κ2) is 6.41. The quantitative estimate of drug-likeness (QED) is 0.788. The largest absolute Gasteiger partial charge is 0.395 e. The van der Waals surface area contributed by atoms with Gasteiger partial charge in [0.25, 0.3) is 0 Å². The molecule has 2 aliphatic rings. The van der Waals surface area contributed by atoms with Crippen molar-refractivity contribution in [3.63, 3.8) is 0 Å². The van der Waals surface area contributed by atoms with Crippen LogP contribution in [0.25, 0.3) is 0 Å². The Morgan fingerprint density at radius 3 is 2.67 bits per heavy atom. The highest BCUT2D eigenvalue weighted by atomic mass is 16.3. The lowest BCUT2D eigenvalue weighted by molar-refractivity contribution is 0.179. The highest BCUT2D eigenvalue weighted by molar-refractivity contribution is 5.74.